The first-order chi connectivity index (χ1) is 12.7. The molecule has 4 aromatic rings. The molecule has 5 nitrogen and oxygen atoms in total. The number of hydrogen-bond acceptors (Lipinski definition) is 3. The summed E-state index contributed by atoms with van der Waals surface area (Å²) in [5.41, 5.74) is 3.24. The zero-order valence-corrected chi connectivity index (χ0v) is 14.5. The van der Waals surface area contributed by atoms with Crippen molar-refractivity contribution in [3.63, 3.8) is 0 Å². The molecule has 0 aliphatic heterocycles. The number of carbonyl (C=O) groups excluding carboxylic acids is 1. The highest BCUT2D eigenvalue weighted by Crippen LogP contribution is 2.32. The molecule has 26 heavy (non-hydrogen) atoms. The Morgan fingerprint density at radius 3 is 2.50 bits per heavy atom. The van der Waals surface area contributed by atoms with Crippen LogP contribution in [0.15, 0.2) is 60.7 Å². The Morgan fingerprint density at radius 1 is 0.885 bits per heavy atom. The first-order valence-electron chi connectivity index (χ1n) is 8.24. The molecule has 0 aliphatic carbocycles. The van der Waals surface area contributed by atoms with Gasteiger partial charge in [0.2, 0.25) is 0 Å². The SMILES string of the molecule is COc1cccc(C(=O)Nc2ccc3[nH]c4ccccc4c3c2)c1OC. The van der Waals surface area contributed by atoms with Gasteiger partial charge in [-0.2, -0.15) is 0 Å². The van der Waals surface area contributed by atoms with Crippen molar-refractivity contribution in [2.45, 2.75) is 0 Å². The highest BCUT2D eigenvalue weighted by Gasteiger charge is 2.16. The fraction of sp³-hybridized carbons (Fsp3) is 0.0952. The number of ether oxygens (including phenoxy) is 2. The van der Waals surface area contributed by atoms with E-state index in [-0.39, 0.29) is 5.91 Å². The van der Waals surface area contributed by atoms with Crippen molar-refractivity contribution in [1.82, 2.24) is 4.98 Å². The molecule has 4 rings (SSSR count). The number of amides is 1. The number of H-pyrrole nitrogens is 1. The fourth-order valence-corrected chi connectivity index (χ4v) is 3.19. The number of rotatable bonds is 4. The lowest BCUT2D eigenvalue weighted by atomic mass is 10.1. The summed E-state index contributed by atoms with van der Waals surface area (Å²) in [5.74, 6) is 0.688. The molecule has 0 radical (unpaired) electrons. The minimum absolute atomic E-state index is 0.250. The Balaban J connectivity index is 1.71. The third-order valence-electron chi connectivity index (χ3n) is 4.41. The van der Waals surface area contributed by atoms with Gasteiger partial charge in [0.1, 0.15) is 0 Å². The Kier molecular flexibility index (Phi) is 3.97. The van der Waals surface area contributed by atoms with Crippen LogP contribution in [0.5, 0.6) is 11.5 Å². The number of hydrogen-bond donors (Lipinski definition) is 2. The molecule has 0 atom stereocenters. The number of methoxy groups -OCH3 is 2. The van der Waals surface area contributed by atoms with Crippen LogP contribution >= 0.6 is 0 Å². The van der Waals surface area contributed by atoms with Gasteiger partial charge in [0, 0.05) is 27.5 Å². The molecule has 0 aliphatic rings. The van der Waals surface area contributed by atoms with Gasteiger partial charge >= 0.3 is 0 Å². The third kappa shape index (κ3) is 2.63. The molecule has 0 fully saturated rings. The number of aromatic amines is 1. The second-order valence-corrected chi connectivity index (χ2v) is 5.93. The number of aromatic nitrogens is 1. The Morgan fingerprint density at radius 2 is 1.69 bits per heavy atom. The predicted molar refractivity (Wildman–Crippen MR) is 103 cm³/mol. The minimum atomic E-state index is -0.250. The van der Waals surface area contributed by atoms with Crippen LogP contribution in [0, 0.1) is 0 Å². The van der Waals surface area contributed by atoms with Gasteiger partial charge in [-0.05, 0) is 36.4 Å². The van der Waals surface area contributed by atoms with E-state index in [0.717, 1.165) is 27.5 Å². The van der Waals surface area contributed by atoms with Crippen LogP contribution in [-0.2, 0) is 0 Å². The molecule has 5 heteroatoms. The topological polar surface area (TPSA) is 63.3 Å². The number of benzene rings is 3. The maximum absolute atomic E-state index is 12.7. The number of carbonyl (C=O) groups is 1. The van der Waals surface area contributed by atoms with Crippen molar-refractivity contribution in [3.8, 4) is 11.5 Å². The first kappa shape index (κ1) is 16.0. The van der Waals surface area contributed by atoms with Crippen LogP contribution in [-0.4, -0.2) is 25.1 Å². The van der Waals surface area contributed by atoms with Gasteiger partial charge in [0.15, 0.2) is 11.5 Å². The fourth-order valence-electron chi connectivity index (χ4n) is 3.19. The summed E-state index contributed by atoms with van der Waals surface area (Å²) >= 11 is 0. The maximum Gasteiger partial charge on any atom is 0.259 e. The van der Waals surface area contributed by atoms with Gasteiger partial charge in [-0.15, -0.1) is 0 Å². The lowest BCUT2D eigenvalue weighted by Gasteiger charge is -2.12. The number of nitrogens with one attached hydrogen (secondary N) is 2. The van der Waals surface area contributed by atoms with Crippen LogP contribution in [0.1, 0.15) is 10.4 Å². The van der Waals surface area contributed by atoms with Crippen LogP contribution < -0.4 is 14.8 Å². The summed E-state index contributed by atoms with van der Waals surface area (Å²) in [7, 11) is 3.07. The number of fused-ring (bicyclic) bond motifs is 3. The highest BCUT2D eigenvalue weighted by molar-refractivity contribution is 6.11. The van der Waals surface area contributed by atoms with E-state index >= 15 is 0 Å². The summed E-state index contributed by atoms with van der Waals surface area (Å²) in [6.07, 6.45) is 0. The van der Waals surface area contributed by atoms with Crippen molar-refractivity contribution >= 4 is 33.4 Å². The Labute approximate surface area is 150 Å². The van der Waals surface area contributed by atoms with E-state index in [2.05, 4.69) is 16.4 Å². The zero-order valence-electron chi connectivity index (χ0n) is 14.5. The Bertz CT molecular complexity index is 1110. The van der Waals surface area contributed by atoms with Gasteiger partial charge in [-0.25, -0.2) is 0 Å². The minimum Gasteiger partial charge on any atom is -0.493 e. The maximum atomic E-state index is 12.7. The summed E-state index contributed by atoms with van der Waals surface area (Å²) in [6.45, 7) is 0. The van der Waals surface area contributed by atoms with Crippen molar-refractivity contribution in [1.29, 1.82) is 0 Å². The molecule has 1 aromatic heterocycles. The van der Waals surface area contributed by atoms with Crippen molar-refractivity contribution < 1.29 is 14.3 Å². The molecule has 0 saturated carbocycles. The molecule has 0 saturated heterocycles. The Hall–Kier alpha value is -3.47. The molecule has 1 heterocycles. The van der Waals surface area contributed by atoms with E-state index in [4.69, 9.17) is 9.47 Å². The van der Waals surface area contributed by atoms with Crippen molar-refractivity contribution in [2.75, 3.05) is 19.5 Å². The van der Waals surface area contributed by atoms with Crippen molar-refractivity contribution in [2.24, 2.45) is 0 Å². The quantitative estimate of drug-likeness (QED) is 0.568. The monoisotopic (exact) mass is 346 g/mol. The molecular formula is C21H18N2O3. The molecule has 0 spiro atoms. The van der Waals surface area contributed by atoms with Crippen LogP contribution in [0.25, 0.3) is 21.8 Å². The predicted octanol–water partition coefficient (Wildman–Crippen LogP) is 4.59. The second kappa shape index (κ2) is 6.44. The van der Waals surface area contributed by atoms with Crippen LogP contribution in [0.2, 0.25) is 0 Å². The van der Waals surface area contributed by atoms with E-state index < -0.39 is 0 Å². The second-order valence-electron chi connectivity index (χ2n) is 5.93. The van der Waals surface area contributed by atoms with Crippen molar-refractivity contribution in [3.05, 3.63) is 66.2 Å². The average Bonchev–Trinajstić information content (AvgIpc) is 3.05. The number of anilines is 1. The van der Waals surface area contributed by atoms with Crippen LogP contribution in [0.4, 0.5) is 5.69 Å². The molecule has 2 N–H and O–H groups in total. The molecule has 1 amide bonds. The van der Waals surface area contributed by atoms with Crippen LogP contribution in [0.3, 0.4) is 0 Å². The van der Waals surface area contributed by atoms with E-state index in [1.165, 1.54) is 7.11 Å². The van der Waals surface area contributed by atoms with Gasteiger partial charge in [0.25, 0.3) is 5.91 Å². The van der Waals surface area contributed by atoms with Gasteiger partial charge in [-0.1, -0.05) is 24.3 Å². The first-order valence-corrected chi connectivity index (χ1v) is 8.24. The van der Waals surface area contributed by atoms with Gasteiger partial charge in [0.05, 0.1) is 19.8 Å². The largest absolute Gasteiger partial charge is 0.493 e. The standard InChI is InChI=1S/C21H18N2O3/c1-25-19-9-5-7-15(20(19)26-2)21(24)22-13-10-11-18-16(12-13)14-6-3-4-8-17(14)23-18/h3-12,23H,1-2H3,(H,22,24). The smallest absolute Gasteiger partial charge is 0.259 e. The molecule has 0 bridgehead atoms. The normalized spacial score (nSPS) is 10.8. The lowest BCUT2D eigenvalue weighted by Crippen LogP contribution is -2.13. The molecule has 0 unspecified atom stereocenters. The summed E-state index contributed by atoms with van der Waals surface area (Å²) in [6, 6.07) is 19.1. The average molecular weight is 346 g/mol. The molecular weight excluding hydrogens is 328 g/mol. The number of para-hydroxylation sites is 2. The van der Waals surface area contributed by atoms with E-state index in [0.29, 0.717) is 17.1 Å². The lowest BCUT2D eigenvalue weighted by molar-refractivity contribution is 0.102. The summed E-state index contributed by atoms with van der Waals surface area (Å²) < 4.78 is 10.6. The van der Waals surface area contributed by atoms with E-state index in [1.54, 1.807) is 25.3 Å². The molecule has 3 aromatic carbocycles. The van der Waals surface area contributed by atoms with E-state index in [1.807, 2.05) is 36.4 Å². The summed E-state index contributed by atoms with van der Waals surface area (Å²) in [5, 5.41) is 5.13. The highest BCUT2D eigenvalue weighted by atomic mass is 16.5. The summed E-state index contributed by atoms with van der Waals surface area (Å²) in [4.78, 5) is 16.1. The van der Waals surface area contributed by atoms with E-state index in [9.17, 15) is 4.79 Å². The van der Waals surface area contributed by atoms with Gasteiger partial charge < -0.3 is 19.8 Å². The zero-order chi connectivity index (χ0) is 18.1. The van der Waals surface area contributed by atoms with Gasteiger partial charge in [-0.3, -0.25) is 4.79 Å². The third-order valence-corrected chi connectivity index (χ3v) is 4.41. The molecule has 130 valence electrons.